The summed E-state index contributed by atoms with van der Waals surface area (Å²) in [6.45, 7) is 4.51. The fraction of sp³-hybridized carbons (Fsp3) is 0.286. The van der Waals surface area contributed by atoms with Crippen molar-refractivity contribution in [3.8, 4) is 0 Å². The van der Waals surface area contributed by atoms with Crippen LogP contribution in [-0.4, -0.2) is 42.4 Å². The zero-order valence-corrected chi connectivity index (χ0v) is 15.6. The lowest BCUT2D eigenvalue weighted by molar-refractivity contribution is -0.134. The average molecular weight is 368 g/mol. The second kappa shape index (κ2) is 10.1. The van der Waals surface area contributed by atoms with Gasteiger partial charge in [-0.1, -0.05) is 42.5 Å². The van der Waals surface area contributed by atoms with E-state index in [9.17, 15) is 14.4 Å². The summed E-state index contributed by atoms with van der Waals surface area (Å²) >= 11 is 0. The molecule has 2 amide bonds. The van der Waals surface area contributed by atoms with E-state index in [0.29, 0.717) is 18.8 Å². The summed E-state index contributed by atoms with van der Waals surface area (Å²) in [6.07, 6.45) is 0.199. The van der Waals surface area contributed by atoms with Crippen molar-refractivity contribution >= 4 is 23.5 Å². The van der Waals surface area contributed by atoms with Gasteiger partial charge in [-0.25, -0.2) is 4.79 Å². The fourth-order valence-electron chi connectivity index (χ4n) is 2.62. The number of nitrogens with one attached hydrogen (secondary N) is 1. The van der Waals surface area contributed by atoms with Crippen molar-refractivity contribution in [1.82, 2.24) is 4.90 Å². The number of ether oxygens (including phenoxy) is 1. The van der Waals surface area contributed by atoms with Gasteiger partial charge in [0, 0.05) is 13.1 Å². The van der Waals surface area contributed by atoms with Crippen LogP contribution in [0.3, 0.4) is 0 Å². The number of para-hydroxylation sites is 1. The van der Waals surface area contributed by atoms with Gasteiger partial charge in [0.1, 0.15) is 0 Å². The van der Waals surface area contributed by atoms with E-state index in [1.807, 2.05) is 44.2 Å². The molecule has 0 bridgehead atoms. The zero-order chi connectivity index (χ0) is 19.6. The molecule has 0 fully saturated rings. The Kier molecular flexibility index (Phi) is 7.55. The summed E-state index contributed by atoms with van der Waals surface area (Å²) in [6, 6.07) is 15.9. The molecule has 0 saturated heterocycles. The van der Waals surface area contributed by atoms with Gasteiger partial charge in [-0.2, -0.15) is 0 Å². The Bertz CT molecular complexity index is 786. The lowest BCUT2D eigenvalue weighted by Gasteiger charge is -2.18. The lowest BCUT2D eigenvalue weighted by atomic mass is 10.1. The minimum atomic E-state index is -0.647. The maximum Gasteiger partial charge on any atom is 0.340 e. The zero-order valence-electron chi connectivity index (χ0n) is 15.6. The number of hydrogen-bond acceptors (Lipinski definition) is 4. The summed E-state index contributed by atoms with van der Waals surface area (Å²) in [7, 11) is 0. The van der Waals surface area contributed by atoms with Gasteiger partial charge in [0.2, 0.25) is 5.91 Å². The number of carbonyl (C=O) groups excluding carboxylic acids is 3. The first-order valence-corrected chi connectivity index (χ1v) is 8.92. The number of anilines is 1. The van der Waals surface area contributed by atoms with Gasteiger partial charge >= 0.3 is 5.97 Å². The molecule has 2 rings (SSSR count). The van der Waals surface area contributed by atoms with Crippen molar-refractivity contribution in [3.05, 3.63) is 65.7 Å². The molecule has 1 N–H and O–H groups in total. The van der Waals surface area contributed by atoms with Crippen LogP contribution in [0.2, 0.25) is 0 Å². The molecule has 142 valence electrons. The molecular weight excluding hydrogens is 344 g/mol. The molecule has 0 spiro atoms. The Labute approximate surface area is 159 Å². The molecular formula is C21H24N2O4. The molecule has 6 heteroatoms. The Hall–Kier alpha value is -3.15. The van der Waals surface area contributed by atoms with Crippen molar-refractivity contribution in [3.63, 3.8) is 0 Å². The first kappa shape index (κ1) is 20.2. The molecule has 0 radical (unpaired) electrons. The number of esters is 1. The highest BCUT2D eigenvalue weighted by atomic mass is 16.5. The van der Waals surface area contributed by atoms with E-state index < -0.39 is 5.97 Å². The summed E-state index contributed by atoms with van der Waals surface area (Å²) in [4.78, 5) is 38.2. The van der Waals surface area contributed by atoms with Gasteiger partial charge in [0.15, 0.2) is 6.61 Å². The van der Waals surface area contributed by atoms with Crippen molar-refractivity contribution < 1.29 is 19.1 Å². The molecule has 0 aliphatic heterocycles. The normalized spacial score (nSPS) is 10.1. The monoisotopic (exact) mass is 368 g/mol. The third kappa shape index (κ3) is 5.95. The van der Waals surface area contributed by atoms with E-state index in [1.165, 1.54) is 0 Å². The topological polar surface area (TPSA) is 75.7 Å². The van der Waals surface area contributed by atoms with E-state index >= 15 is 0 Å². The molecule has 2 aromatic carbocycles. The molecule has 6 nitrogen and oxygen atoms in total. The van der Waals surface area contributed by atoms with Gasteiger partial charge in [-0.15, -0.1) is 0 Å². The van der Waals surface area contributed by atoms with Crippen molar-refractivity contribution in [2.24, 2.45) is 0 Å². The van der Waals surface area contributed by atoms with Crippen molar-refractivity contribution in [2.75, 3.05) is 25.0 Å². The van der Waals surface area contributed by atoms with Gasteiger partial charge < -0.3 is 15.0 Å². The van der Waals surface area contributed by atoms with Crippen LogP contribution >= 0.6 is 0 Å². The van der Waals surface area contributed by atoms with Gasteiger partial charge in [0.25, 0.3) is 5.91 Å². The molecule has 0 heterocycles. The SMILES string of the molecule is CCN(CC)C(=O)COC(=O)c1ccccc1NC(=O)Cc1ccccc1. The van der Waals surface area contributed by atoms with E-state index in [4.69, 9.17) is 4.74 Å². The molecule has 2 aromatic rings. The largest absolute Gasteiger partial charge is 0.452 e. The lowest BCUT2D eigenvalue weighted by Crippen LogP contribution is -2.34. The molecule has 27 heavy (non-hydrogen) atoms. The summed E-state index contributed by atoms with van der Waals surface area (Å²) < 4.78 is 5.13. The van der Waals surface area contributed by atoms with Crippen molar-refractivity contribution in [1.29, 1.82) is 0 Å². The second-order valence-electron chi connectivity index (χ2n) is 5.90. The smallest absolute Gasteiger partial charge is 0.340 e. The Morgan fingerprint density at radius 2 is 1.56 bits per heavy atom. The van der Waals surface area contributed by atoms with Crippen LogP contribution in [-0.2, 0) is 20.7 Å². The van der Waals surface area contributed by atoms with Crippen LogP contribution < -0.4 is 5.32 Å². The highest BCUT2D eigenvalue weighted by Gasteiger charge is 2.17. The van der Waals surface area contributed by atoms with Gasteiger partial charge in [-0.05, 0) is 31.5 Å². The number of benzene rings is 2. The standard InChI is InChI=1S/C21H24N2O4/c1-3-23(4-2)20(25)15-27-21(26)17-12-8-9-13-18(17)22-19(24)14-16-10-6-5-7-11-16/h5-13H,3-4,14-15H2,1-2H3,(H,22,24). The maximum absolute atomic E-state index is 12.4. The van der Waals surface area contributed by atoms with Crippen LogP contribution in [0.15, 0.2) is 54.6 Å². The molecule has 0 saturated carbocycles. The summed E-state index contributed by atoms with van der Waals surface area (Å²) in [5.41, 5.74) is 1.45. The Morgan fingerprint density at radius 1 is 0.926 bits per heavy atom. The van der Waals surface area contributed by atoms with Crippen LogP contribution in [0.4, 0.5) is 5.69 Å². The number of hydrogen-bond donors (Lipinski definition) is 1. The highest BCUT2D eigenvalue weighted by Crippen LogP contribution is 2.17. The van der Waals surface area contributed by atoms with E-state index in [-0.39, 0.29) is 30.4 Å². The second-order valence-corrected chi connectivity index (χ2v) is 5.90. The number of carbonyl (C=O) groups is 3. The van der Waals surface area contributed by atoms with E-state index in [1.54, 1.807) is 29.2 Å². The molecule has 0 unspecified atom stereocenters. The molecule has 0 aromatic heterocycles. The van der Waals surface area contributed by atoms with Crippen LogP contribution in [0.1, 0.15) is 29.8 Å². The van der Waals surface area contributed by atoms with E-state index in [0.717, 1.165) is 5.56 Å². The maximum atomic E-state index is 12.4. The number of rotatable bonds is 8. The number of likely N-dealkylation sites (N-methyl/N-ethyl adjacent to an activating group) is 1. The molecule has 0 aliphatic carbocycles. The highest BCUT2D eigenvalue weighted by molar-refractivity contribution is 6.02. The van der Waals surface area contributed by atoms with Crippen LogP contribution in [0.5, 0.6) is 0 Å². The number of nitrogens with zero attached hydrogens (tertiary/aromatic N) is 1. The summed E-state index contributed by atoms with van der Waals surface area (Å²) in [5, 5.41) is 2.74. The summed E-state index contributed by atoms with van der Waals surface area (Å²) in [5.74, 6) is -1.13. The van der Waals surface area contributed by atoms with Crippen molar-refractivity contribution in [2.45, 2.75) is 20.3 Å². The van der Waals surface area contributed by atoms with E-state index in [2.05, 4.69) is 5.32 Å². The molecule has 0 atom stereocenters. The Balaban J connectivity index is 2.00. The predicted molar refractivity (Wildman–Crippen MR) is 103 cm³/mol. The minimum Gasteiger partial charge on any atom is -0.452 e. The quantitative estimate of drug-likeness (QED) is 0.727. The number of amides is 2. The third-order valence-corrected chi connectivity index (χ3v) is 4.07. The third-order valence-electron chi connectivity index (χ3n) is 4.07. The fourth-order valence-corrected chi connectivity index (χ4v) is 2.62. The van der Waals surface area contributed by atoms with Gasteiger partial charge in [-0.3, -0.25) is 9.59 Å². The van der Waals surface area contributed by atoms with Gasteiger partial charge in [0.05, 0.1) is 17.7 Å². The molecule has 0 aliphatic rings. The van der Waals surface area contributed by atoms with Crippen LogP contribution in [0, 0.1) is 0 Å². The first-order chi connectivity index (χ1) is 13.0. The first-order valence-electron chi connectivity index (χ1n) is 8.92. The minimum absolute atomic E-state index is 0.199. The predicted octanol–water partition coefficient (Wildman–Crippen LogP) is 2.89. The average Bonchev–Trinajstić information content (AvgIpc) is 2.68. The van der Waals surface area contributed by atoms with Crippen LogP contribution in [0.25, 0.3) is 0 Å². The Morgan fingerprint density at radius 3 is 2.22 bits per heavy atom.